The van der Waals surface area contributed by atoms with Crippen molar-refractivity contribution < 1.29 is 5.11 Å². The number of hydrogen-bond acceptors (Lipinski definition) is 1. The van der Waals surface area contributed by atoms with E-state index in [0.29, 0.717) is 11.7 Å². The van der Waals surface area contributed by atoms with Crippen molar-refractivity contribution in [2.75, 3.05) is 0 Å². The van der Waals surface area contributed by atoms with Gasteiger partial charge in [0.1, 0.15) is 5.75 Å². The van der Waals surface area contributed by atoms with Gasteiger partial charge in [-0.05, 0) is 41.5 Å². The van der Waals surface area contributed by atoms with Gasteiger partial charge < -0.3 is 5.11 Å². The van der Waals surface area contributed by atoms with Gasteiger partial charge in [0.25, 0.3) is 0 Å². The van der Waals surface area contributed by atoms with E-state index in [2.05, 4.69) is 32.0 Å². The molecule has 0 fully saturated rings. The summed E-state index contributed by atoms with van der Waals surface area (Å²) in [6.45, 7) is 4.33. The Morgan fingerprint density at radius 2 is 1.67 bits per heavy atom. The van der Waals surface area contributed by atoms with E-state index in [9.17, 15) is 5.11 Å². The molecule has 0 saturated heterocycles. The predicted octanol–water partition coefficient (Wildman–Crippen LogP) is 4.18. The lowest BCUT2D eigenvalue weighted by atomic mass is 9.98. The highest BCUT2D eigenvalue weighted by molar-refractivity contribution is 5.38. The highest BCUT2D eigenvalue weighted by Gasteiger charge is 2.05. The second kappa shape index (κ2) is 5.72. The summed E-state index contributed by atoms with van der Waals surface area (Å²) in [5.41, 5.74) is 3.47. The summed E-state index contributed by atoms with van der Waals surface area (Å²) in [6.07, 6.45) is 1.80. The van der Waals surface area contributed by atoms with Gasteiger partial charge >= 0.3 is 0 Å². The van der Waals surface area contributed by atoms with Gasteiger partial charge in [-0.25, -0.2) is 0 Å². The number of hydrogen-bond donors (Lipinski definition) is 1. The second-order valence-corrected chi connectivity index (χ2v) is 5.22. The summed E-state index contributed by atoms with van der Waals surface area (Å²) in [5.74, 6) is 0.994. The Kier molecular flexibility index (Phi) is 4.03. The maximum absolute atomic E-state index is 10.0. The fraction of sp³-hybridized carbons (Fsp3) is 0.294. The minimum atomic E-state index is 0.428. The molecule has 2 rings (SSSR count). The first-order chi connectivity index (χ1) is 8.65. The first-order valence-corrected chi connectivity index (χ1v) is 6.50. The van der Waals surface area contributed by atoms with Crippen molar-refractivity contribution in [3.05, 3.63) is 65.2 Å². The first-order valence-electron chi connectivity index (χ1n) is 6.50. The summed E-state index contributed by atoms with van der Waals surface area (Å²) >= 11 is 0. The molecular weight excluding hydrogens is 220 g/mol. The van der Waals surface area contributed by atoms with E-state index in [0.717, 1.165) is 24.0 Å². The number of phenols is 1. The minimum Gasteiger partial charge on any atom is -0.508 e. The van der Waals surface area contributed by atoms with Crippen LogP contribution in [-0.2, 0) is 12.8 Å². The maximum atomic E-state index is 10.0. The summed E-state index contributed by atoms with van der Waals surface area (Å²) in [4.78, 5) is 0. The molecule has 1 heteroatoms. The SMILES string of the molecule is CC(C)Cc1ccc(Cc2ccccc2)cc1O. The largest absolute Gasteiger partial charge is 0.508 e. The molecule has 0 aliphatic carbocycles. The topological polar surface area (TPSA) is 20.2 Å². The quantitative estimate of drug-likeness (QED) is 0.850. The smallest absolute Gasteiger partial charge is 0.119 e. The predicted molar refractivity (Wildman–Crippen MR) is 75.9 cm³/mol. The molecule has 0 bridgehead atoms. The molecule has 0 unspecified atom stereocenters. The van der Waals surface area contributed by atoms with E-state index in [4.69, 9.17) is 0 Å². The molecule has 2 aromatic carbocycles. The zero-order chi connectivity index (χ0) is 13.0. The van der Waals surface area contributed by atoms with Crippen LogP contribution in [0.5, 0.6) is 5.75 Å². The summed E-state index contributed by atoms with van der Waals surface area (Å²) in [7, 11) is 0. The van der Waals surface area contributed by atoms with E-state index in [1.807, 2.05) is 30.3 Å². The van der Waals surface area contributed by atoms with Crippen molar-refractivity contribution in [2.24, 2.45) is 5.92 Å². The van der Waals surface area contributed by atoms with Gasteiger partial charge in [0, 0.05) is 0 Å². The molecule has 1 nitrogen and oxygen atoms in total. The monoisotopic (exact) mass is 240 g/mol. The van der Waals surface area contributed by atoms with Gasteiger partial charge in [-0.1, -0.05) is 56.3 Å². The van der Waals surface area contributed by atoms with E-state index in [1.54, 1.807) is 0 Å². The fourth-order valence-corrected chi connectivity index (χ4v) is 2.16. The van der Waals surface area contributed by atoms with Gasteiger partial charge in [0.15, 0.2) is 0 Å². The van der Waals surface area contributed by atoms with Gasteiger partial charge in [0.2, 0.25) is 0 Å². The Morgan fingerprint density at radius 1 is 0.944 bits per heavy atom. The van der Waals surface area contributed by atoms with Gasteiger partial charge in [-0.15, -0.1) is 0 Å². The third kappa shape index (κ3) is 3.36. The van der Waals surface area contributed by atoms with E-state index in [1.165, 1.54) is 5.56 Å². The van der Waals surface area contributed by atoms with E-state index in [-0.39, 0.29) is 0 Å². The molecule has 0 spiro atoms. The highest BCUT2D eigenvalue weighted by Crippen LogP contribution is 2.23. The molecule has 1 N–H and O–H groups in total. The molecule has 0 heterocycles. The zero-order valence-electron chi connectivity index (χ0n) is 11.1. The van der Waals surface area contributed by atoms with Crippen LogP contribution in [0.1, 0.15) is 30.5 Å². The third-order valence-corrected chi connectivity index (χ3v) is 3.03. The Morgan fingerprint density at radius 3 is 2.28 bits per heavy atom. The van der Waals surface area contributed by atoms with E-state index >= 15 is 0 Å². The Balaban J connectivity index is 2.14. The molecule has 0 radical (unpaired) electrons. The minimum absolute atomic E-state index is 0.428. The van der Waals surface area contributed by atoms with E-state index < -0.39 is 0 Å². The van der Waals surface area contributed by atoms with Crippen LogP contribution < -0.4 is 0 Å². The van der Waals surface area contributed by atoms with Crippen LogP contribution >= 0.6 is 0 Å². The molecule has 0 saturated carbocycles. The lowest BCUT2D eigenvalue weighted by molar-refractivity contribution is 0.462. The van der Waals surface area contributed by atoms with Crippen LogP contribution in [0.2, 0.25) is 0 Å². The molecule has 0 atom stereocenters. The number of phenolic OH excluding ortho intramolecular Hbond substituents is 1. The Bertz CT molecular complexity index is 500. The second-order valence-electron chi connectivity index (χ2n) is 5.22. The van der Waals surface area contributed by atoms with Crippen molar-refractivity contribution in [1.82, 2.24) is 0 Å². The third-order valence-electron chi connectivity index (χ3n) is 3.03. The molecule has 0 aliphatic heterocycles. The number of rotatable bonds is 4. The van der Waals surface area contributed by atoms with Crippen molar-refractivity contribution in [2.45, 2.75) is 26.7 Å². The molecule has 94 valence electrons. The van der Waals surface area contributed by atoms with Crippen molar-refractivity contribution in [3.63, 3.8) is 0 Å². The average Bonchev–Trinajstić information content (AvgIpc) is 2.33. The fourth-order valence-electron chi connectivity index (χ4n) is 2.16. The lowest BCUT2D eigenvalue weighted by Crippen LogP contribution is -1.96. The Labute approximate surface area is 109 Å². The van der Waals surface area contributed by atoms with Crippen LogP contribution in [0.3, 0.4) is 0 Å². The summed E-state index contributed by atoms with van der Waals surface area (Å²) in [5, 5.41) is 10.0. The van der Waals surface area contributed by atoms with Crippen LogP contribution in [-0.4, -0.2) is 5.11 Å². The van der Waals surface area contributed by atoms with Crippen LogP contribution in [0.25, 0.3) is 0 Å². The molecule has 2 aromatic rings. The molecule has 0 aromatic heterocycles. The van der Waals surface area contributed by atoms with Crippen molar-refractivity contribution in [1.29, 1.82) is 0 Å². The molecule has 18 heavy (non-hydrogen) atoms. The molecule has 0 aliphatic rings. The summed E-state index contributed by atoms with van der Waals surface area (Å²) in [6, 6.07) is 16.4. The Hall–Kier alpha value is -1.76. The lowest BCUT2D eigenvalue weighted by Gasteiger charge is -2.09. The zero-order valence-corrected chi connectivity index (χ0v) is 11.1. The molecule has 0 amide bonds. The molecular formula is C17H20O. The number of benzene rings is 2. The van der Waals surface area contributed by atoms with Gasteiger partial charge in [0.05, 0.1) is 0 Å². The van der Waals surface area contributed by atoms with Crippen LogP contribution in [0.4, 0.5) is 0 Å². The normalized spacial score (nSPS) is 10.8. The number of aromatic hydroxyl groups is 1. The standard InChI is InChI=1S/C17H20O/c1-13(2)10-16-9-8-15(12-17(16)18)11-14-6-4-3-5-7-14/h3-9,12-13,18H,10-11H2,1-2H3. The van der Waals surface area contributed by atoms with Gasteiger partial charge in [-0.2, -0.15) is 0 Å². The first kappa shape index (κ1) is 12.7. The average molecular weight is 240 g/mol. The maximum Gasteiger partial charge on any atom is 0.119 e. The summed E-state index contributed by atoms with van der Waals surface area (Å²) < 4.78 is 0. The van der Waals surface area contributed by atoms with Crippen molar-refractivity contribution in [3.8, 4) is 5.75 Å². The van der Waals surface area contributed by atoms with Crippen molar-refractivity contribution >= 4 is 0 Å². The van der Waals surface area contributed by atoms with Gasteiger partial charge in [-0.3, -0.25) is 0 Å². The van der Waals surface area contributed by atoms with Crippen LogP contribution in [0.15, 0.2) is 48.5 Å². The van der Waals surface area contributed by atoms with Crippen LogP contribution in [0, 0.1) is 5.92 Å². The highest BCUT2D eigenvalue weighted by atomic mass is 16.3.